The van der Waals surface area contributed by atoms with Gasteiger partial charge >= 0.3 is 39.5 Å². The third-order valence-electron chi connectivity index (χ3n) is 19.4. The van der Waals surface area contributed by atoms with Crippen molar-refractivity contribution in [1.82, 2.24) is 0 Å². The summed E-state index contributed by atoms with van der Waals surface area (Å²) >= 11 is 0. The average molecular weight is 1500 g/mol. The Morgan fingerprint density at radius 3 is 0.864 bits per heavy atom. The maximum absolute atomic E-state index is 13.1. The zero-order chi connectivity index (χ0) is 75.8. The molecule has 6 atom stereocenters. The predicted molar refractivity (Wildman–Crippen MR) is 423 cm³/mol. The van der Waals surface area contributed by atoms with Crippen LogP contribution in [0.25, 0.3) is 0 Å². The van der Waals surface area contributed by atoms with E-state index in [1.54, 1.807) is 0 Å². The van der Waals surface area contributed by atoms with E-state index in [-0.39, 0.29) is 25.7 Å². The minimum absolute atomic E-state index is 0.101. The lowest BCUT2D eigenvalue weighted by Gasteiger charge is -2.21. The summed E-state index contributed by atoms with van der Waals surface area (Å²) in [5, 5.41) is 10.7. The third kappa shape index (κ3) is 76.1. The van der Waals surface area contributed by atoms with Crippen molar-refractivity contribution in [3.63, 3.8) is 0 Å². The Balaban J connectivity index is 5.22. The van der Waals surface area contributed by atoms with E-state index in [4.69, 9.17) is 37.0 Å². The number of hydrogen-bond acceptors (Lipinski definition) is 15. The minimum atomic E-state index is -4.97. The van der Waals surface area contributed by atoms with Crippen molar-refractivity contribution in [2.75, 3.05) is 39.6 Å². The Bertz CT molecular complexity index is 2090. The van der Waals surface area contributed by atoms with E-state index < -0.39 is 97.5 Å². The summed E-state index contributed by atoms with van der Waals surface area (Å²) in [7, 11) is -9.94. The number of unbranched alkanes of at least 4 members (excludes halogenated alkanes) is 44. The lowest BCUT2D eigenvalue weighted by Crippen LogP contribution is -2.30. The van der Waals surface area contributed by atoms with E-state index in [0.29, 0.717) is 31.6 Å². The van der Waals surface area contributed by atoms with Gasteiger partial charge < -0.3 is 33.8 Å². The quantitative estimate of drug-likeness (QED) is 0.0169. The van der Waals surface area contributed by atoms with Crippen LogP contribution in [0, 0.1) is 17.8 Å². The van der Waals surface area contributed by atoms with Gasteiger partial charge in [0.2, 0.25) is 0 Å². The average Bonchev–Trinajstić information content (AvgIpc) is 0.937. The van der Waals surface area contributed by atoms with Crippen LogP contribution in [-0.2, 0) is 65.4 Å². The number of carbonyl (C=O) groups excluding carboxylic acids is 4. The second-order valence-corrected chi connectivity index (χ2v) is 33.6. The van der Waals surface area contributed by atoms with Crippen LogP contribution in [0.3, 0.4) is 0 Å². The maximum atomic E-state index is 13.1. The molecule has 0 rings (SSSR count). The van der Waals surface area contributed by atoms with Crippen LogP contribution in [0.2, 0.25) is 0 Å². The van der Waals surface area contributed by atoms with Crippen LogP contribution in [0.1, 0.15) is 414 Å². The monoisotopic (exact) mass is 1500 g/mol. The maximum Gasteiger partial charge on any atom is 0.472 e. The normalized spacial score (nSPS) is 14.3. The smallest absolute Gasteiger partial charge is 0.462 e. The largest absolute Gasteiger partial charge is 0.472 e. The second kappa shape index (κ2) is 73.7. The molecule has 0 aromatic rings. The number of ether oxygens (including phenoxy) is 4. The van der Waals surface area contributed by atoms with Gasteiger partial charge in [-0.1, -0.05) is 362 Å². The molecule has 608 valence electrons. The highest BCUT2D eigenvalue weighted by Crippen LogP contribution is 2.45. The van der Waals surface area contributed by atoms with Crippen molar-refractivity contribution in [1.29, 1.82) is 0 Å². The SMILES string of the molecule is CCCCCC/C=C\C=C/CCCCCCCC(=O)OC[C@H](COP(=O)(O)OCC(O)COP(=O)(O)OC[C@@H](COC(=O)CCCCCCCCC(C)C)OC(=O)CCCCCCCCCCCCCCCCCCCCC(C)C)OC(=O)CCCCCCCCCCCCCCCCC(C)CC. The summed E-state index contributed by atoms with van der Waals surface area (Å²) in [4.78, 5) is 73.1. The summed E-state index contributed by atoms with van der Waals surface area (Å²) in [6, 6.07) is 0. The van der Waals surface area contributed by atoms with Crippen LogP contribution in [-0.4, -0.2) is 96.7 Å². The summed E-state index contributed by atoms with van der Waals surface area (Å²) < 4.78 is 68.7. The summed E-state index contributed by atoms with van der Waals surface area (Å²) in [6.45, 7) is 11.9. The second-order valence-electron chi connectivity index (χ2n) is 30.7. The van der Waals surface area contributed by atoms with Gasteiger partial charge in [-0.15, -0.1) is 0 Å². The third-order valence-corrected chi connectivity index (χ3v) is 21.3. The molecular weight excluding hydrogens is 1340 g/mol. The van der Waals surface area contributed by atoms with E-state index in [0.717, 1.165) is 127 Å². The highest BCUT2D eigenvalue weighted by Gasteiger charge is 2.30. The first kappa shape index (κ1) is 101. The Hall–Kier alpha value is -2.46. The molecule has 19 heteroatoms. The van der Waals surface area contributed by atoms with Crippen molar-refractivity contribution in [2.45, 2.75) is 433 Å². The fourth-order valence-electron chi connectivity index (χ4n) is 12.4. The van der Waals surface area contributed by atoms with Gasteiger partial charge in [0.25, 0.3) is 0 Å². The molecule has 103 heavy (non-hydrogen) atoms. The van der Waals surface area contributed by atoms with Crippen molar-refractivity contribution >= 4 is 39.5 Å². The molecule has 0 aromatic heterocycles. The molecule has 3 N–H and O–H groups in total. The molecule has 0 aliphatic heterocycles. The van der Waals surface area contributed by atoms with E-state index >= 15 is 0 Å². The number of hydrogen-bond donors (Lipinski definition) is 3. The van der Waals surface area contributed by atoms with Crippen LogP contribution in [0.15, 0.2) is 24.3 Å². The number of carbonyl (C=O) groups is 4. The fraction of sp³-hybridized carbons (Fsp3) is 0.905. The number of aliphatic hydroxyl groups is 1. The summed E-state index contributed by atoms with van der Waals surface area (Å²) in [6.07, 6.45) is 66.2. The number of allylic oxidation sites excluding steroid dienone is 4. The fourth-order valence-corrected chi connectivity index (χ4v) is 14.0. The first-order valence-corrected chi connectivity index (χ1v) is 45.7. The minimum Gasteiger partial charge on any atom is -0.462 e. The van der Waals surface area contributed by atoms with E-state index in [1.807, 2.05) is 0 Å². The lowest BCUT2D eigenvalue weighted by atomic mass is 9.99. The van der Waals surface area contributed by atoms with Crippen LogP contribution >= 0.6 is 15.6 Å². The number of phosphoric acid groups is 2. The molecule has 0 heterocycles. The van der Waals surface area contributed by atoms with E-state index in [9.17, 15) is 43.2 Å². The molecule has 0 aliphatic rings. The van der Waals surface area contributed by atoms with Gasteiger partial charge in [-0.3, -0.25) is 37.3 Å². The van der Waals surface area contributed by atoms with Crippen molar-refractivity contribution in [3.05, 3.63) is 24.3 Å². The van der Waals surface area contributed by atoms with Crippen LogP contribution in [0.4, 0.5) is 0 Å². The Morgan fingerprint density at radius 2 is 0.573 bits per heavy atom. The molecule has 0 radical (unpaired) electrons. The van der Waals surface area contributed by atoms with E-state index in [1.165, 1.54) is 199 Å². The molecule has 0 spiro atoms. The number of phosphoric ester groups is 2. The molecule has 0 saturated carbocycles. The van der Waals surface area contributed by atoms with Crippen LogP contribution < -0.4 is 0 Å². The van der Waals surface area contributed by atoms with Crippen molar-refractivity contribution in [2.24, 2.45) is 17.8 Å². The highest BCUT2D eigenvalue weighted by atomic mass is 31.2. The first-order valence-electron chi connectivity index (χ1n) is 42.7. The number of rotatable bonds is 80. The number of esters is 4. The zero-order valence-corrected chi connectivity index (χ0v) is 69.1. The highest BCUT2D eigenvalue weighted by molar-refractivity contribution is 7.47. The summed E-state index contributed by atoms with van der Waals surface area (Å²) in [5.74, 6) is 0.200. The van der Waals surface area contributed by atoms with Gasteiger partial charge in [0, 0.05) is 25.7 Å². The Kier molecular flexibility index (Phi) is 71.9. The molecule has 4 unspecified atom stereocenters. The van der Waals surface area contributed by atoms with Gasteiger partial charge in [0.05, 0.1) is 26.4 Å². The molecule has 17 nitrogen and oxygen atoms in total. The van der Waals surface area contributed by atoms with Crippen molar-refractivity contribution in [3.8, 4) is 0 Å². The zero-order valence-electron chi connectivity index (χ0n) is 67.3. The predicted octanol–water partition coefficient (Wildman–Crippen LogP) is 24.9. The molecule has 0 aliphatic carbocycles. The first-order chi connectivity index (χ1) is 49.8. The Morgan fingerprint density at radius 1 is 0.320 bits per heavy atom. The molecule has 0 amide bonds. The van der Waals surface area contributed by atoms with Gasteiger partial charge in [-0.2, -0.15) is 0 Å². The standard InChI is InChI=1S/C84H160O17P2/c1-8-10-11-12-13-14-15-16-21-28-33-38-43-51-58-65-81(86)94-71-79(100-83(88)67-61-54-45-40-35-30-25-24-27-32-37-42-50-57-64-77(7)9-2)73-98-102(90,91)96-69-78(85)70-97-103(92,93)99-74-80(72-95-82(87)66-59-52-47-46-49-56-63-76(5)6)101-84(89)68-60-53-44-39-34-29-23-20-18-17-19-22-26-31-36-41-48-55-62-75(3)4/h14-16,21,75-80,85H,8-13,17-20,22-74H2,1-7H3,(H,90,91)(H,92,93)/b15-14-,21-16-/t77?,78?,79-,80-/m1/s1. The van der Waals surface area contributed by atoms with Gasteiger partial charge in [-0.05, 0) is 69.1 Å². The lowest BCUT2D eigenvalue weighted by molar-refractivity contribution is -0.161. The Labute approximate surface area is 631 Å². The molecule has 0 fully saturated rings. The molecule has 0 saturated heterocycles. The summed E-state index contributed by atoms with van der Waals surface area (Å²) in [5.41, 5.74) is 0. The van der Waals surface area contributed by atoms with E-state index in [2.05, 4.69) is 72.8 Å². The van der Waals surface area contributed by atoms with Gasteiger partial charge in [0.1, 0.15) is 19.3 Å². The van der Waals surface area contributed by atoms with Crippen molar-refractivity contribution < 1.29 is 80.2 Å². The molecule has 0 aromatic carbocycles. The molecule has 0 bridgehead atoms. The van der Waals surface area contributed by atoms with Crippen LogP contribution in [0.5, 0.6) is 0 Å². The van der Waals surface area contributed by atoms with Gasteiger partial charge in [0.15, 0.2) is 12.2 Å². The van der Waals surface area contributed by atoms with Gasteiger partial charge in [-0.25, -0.2) is 9.13 Å². The topological polar surface area (TPSA) is 237 Å². The number of aliphatic hydroxyl groups excluding tert-OH is 1. The molecular formula is C84H160O17P2.